The first-order valence-electron chi connectivity index (χ1n) is 8.47. The number of sulfonamides is 1. The molecule has 0 aromatic heterocycles. The second-order valence-electron chi connectivity index (χ2n) is 5.94. The van der Waals surface area contributed by atoms with E-state index < -0.39 is 10.0 Å². The van der Waals surface area contributed by atoms with Gasteiger partial charge in [-0.25, -0.2) is 12.7 Å². The van der Waals surface area contributed by atoms with Crippen molar-refractivity contribution in [1.82, 2.24) is 4.31 Å². The first-order chi connectivity index (χ1) is 12.8. The van der Waals surface area contributed by atoms with Gasteiger partial charge in [0.25, 0.3) is 0 Å². The predicted octanol–water partition coefficient (Wildman–Crippen LogP) is 3.45. The first kappa shape index (κ1) is 21.3. The van der Waals surface area contributed by atoms with Crippen molar-refractivity contribution in [3.05, 3.63) is 48.5 Å². The third-order valence-corrected chi connectivity index (χ3v) is 6.64. The number of rotatable bonds is 8. The third-order valence-electron chi connectivity index (χ3n) is 3.70. The number of nitrogens with one attached hydrogen (secondary N) is 1. The Hall–Kier alpha value is -2.03. The van der Waals surface area contributed by atoms with Crippen LogP contribution >= 0.6 is 11.8 Å². The Bertz CT molecular complexity index is 884. The molecule has 146 valence electrons. The van der Waals surface area contributed by atoms with Crippen LogP contribution in [0.25, 0.3) is 0 Å². The summed E-state index contributed by atoms with van der Waals surface area (Å²) >= 11 is 1.43. The second-order valence-corrected chi connectivity index (χ2v) is 9.48. The quantitative estimate of drug-likeness (QED) is 0.677. The molecule has 6 nitrogen and oxygen atoms in total. The monoisotopic (exact) mass is 408 g/mol. The summed E-state index contributed by atoms with van der Waals surface area (Å²) in [6.07, 6.45) is 0. The summed E-state index contributed by atoms with van der Waals surface area (Å²) in [5.74, 6) is 0.0529. The summed E-state index contributed by atoms with van der Waals surface area (Å²) < 4.78 is 31.7. The number of nitrogens with zero attached hydrogens (tertiary/aromatic N) is 1. The topological polar surface area (TPSA) is 75.7 Å². The average Bonchev–Trinajstić information content (AvgIpc) is 2.63. The maximum atomic E-state index is 12.6. The van der Waals surface area contributed by atoms with Crippen LogP contribution in [0, 0.1) is 0 Å². The van der Waals surface area contributed by atoms with Crippen molar-refractivity contribution in [2.45, 2.75) is 28.9 Å². The molecule has 0 spiro atoms. The summed E-state index contributed by atoms with van der Waals surface area (Å²) in [7, 11) is -0.798. The number of benzene rings is 2. The highest BCUT2D eigenvalue weighted by molar-refractivity contribution is 8.00. The van der Waals surface area contributed by atoms with Crippen LogP contribution < -0.4 is 10.1 Å². The standard InChI is InChI=1S/C19H24N2O4S2/c1-5-25-17-12-11-15(13-18(17)27(23,24)21(3)4)20-19(22)14(2)26-16-9-7-6-8-10-16/h6-14H,5H2,1-4H3,(H,20,22)/t14-/m0/s1. The molecule has 0 fully saturated rings. The minimum Gasteiger partial charge on any atom is -0.492 e. The Morgan fingerprint density at radius 1 is 1.19 bits per heavy atom. The van der Waals surface area contributed by atoms with Gasteiger partial charge in [0.15, 0.2) is 0 Å². The zero-order valence-corrected chi connectivity index (χ0v) is 17.4. The van der Waals surface area contributed by atoms with Gasteiger partial charge in [0.05, 0.1) is 11.9 Å². The summed E-state index contributed by atoms with van der Waals surface area (Å²) in [6.45, 7) is 3.93. The zero-order valence-electron chi connectivity index (χ0n) is 15.8. The van der Waals surface area contributed by atoms with E-state index in [1.165, 1.54) is 31.9 Å². The molecular weight excluding hydrogens is 384 g/mol. The van der Waals surface area contributed by atoms with Crippen molar-refractivity contribution in [1.29, 1.82) is 0 Å². The highest BCUT2D eigenvalue weighted by atomic mass is 32.2. The molecule has 1 atom stereocenters. The van der Waals surface area contributed by atoms with Gasteiger partial charge in [-0.15, -0.1) is 11.8 Å². The number of thioether (sulfide) groups is 1. The van der Waals surface area contributed by atoms with Crippen LogP contribution in [-0.4, -0.2) is 44.6 Å². The van der Waals surface area contributed by atoms with E-state index in [9.17, 15) is 13.2 Å². The van der Waals surface area contributed by atoms with Crippen LogP contribution in [0.2, 0.25) is 0 Å². The molecule has 2 rings (SSSR count). The second kappa shape index (κ2) is 9.25. The van der Waals surface area contributed by atoms with Gasteiger partial charge in [0.2, 0.25) is 15.9 Å². The highest BCUT2D eigenvalue weighted by Crippen LogP contribution is 2.30. The largest absolute Gasteiger partial charge is 0.492 e. The Balaban J connectivity index is 2.22. The Morgan fingerprint density at radius 3 is 2.44 bits per heavy atom. The van der Waals surface area contributed by atoms with Gasteiger partial charge in [0, 0.05) is 24.7 Å². The van der Waals surface area contributed by atoms with Gasteiger partial charge in [-0.1, -0.05) is 18.2 Å². The Labute approximate surface area is 165 Å². The van der Waals surface area contributed by atoms with Crippen molar-refractivity contribution < 1.29 is 17.9 Å². The van der Waals surface area contributed by atoms with E-state index in [2.05, 4.69) is 5.32 Å². The van der Waals surface area contributed by atoms with E-state index >= 15 is 0 Å². The van der Waals surface area contributed by atoms with Gasteiger partial charge in [0.1, 0.15) is 10.6 Å². The van der Waals surface area contributed by atoms with Gasteiger partial charge in [-0.3, -0.25) is 4.79 Å². The number of hydrogen-bond donors (Lipinski definition) is 1. The maximum Gasteiger partial charge on any atom is 0.246 e. The summed E-state index contributed by atoms with van der Waals surface area (Å²) in [5, 5.41) is 2.44. The number of carbonyl (C=O) groups excluding carboxylic acids is 1. The molecule has 0 aliphatic rings. The van der Waals surface area contributed by atoms with Crippen molar-refractivity contribution in [2.24, 2.45) is 0 Å². The van der Waals surface area contributed by atoms with Crippen LogP contribution in [0.15, 0.2) is 58.3 Å². The minimum absolute atomic E-state index is 0.0236. The molecular formula is C19H24N2O4S2. The van der Waals surface area contributed by atoms with E-state index in [1.807, 2.05) is 30.3 Å². The molecule has 0 aliphatic carbocycles. The van der Waals surface area contributed by atoms with E-state index in [-0.39, 0.29) is 21.8 Å². The fourth-order valence-electron chi connectivity index (χ4n) is 2.26. The van der Waals surface area contributed by atoms with Gasteiger partial charge >= 0.3 is 0 Å². The number of anilines is 1. The summed E-state index contributed by atoms with van der Waals surface area (Å²) in [4.78, 5) is 13.5. The summed E-state index contributed by atoms with van der Waals surface area (Å²) in [5.41, 5.74) is 0.407. The zero-order chi connectivity index (χ0) is 20.0. The fraction of sp³-hybridized carbons (Fsp3) is 0.316. The molecule has 0 radical (unpaired) electrons. The van der Waals surface area contributed by atoms with Gasteiger partial charge < -0.3 is 10.1 Å². The smallest absolute Gasteiger partial charge is 0.246 e. The van der Waals surface area contributed by atoms with E-state index in [4.69, 9.17) is 4.74 Å². The fourth-order valence-corrected chi connectivity index (χ4v) is 4.20. The molecule has 2 aromatic rings. The van der Waals surface area contributed by atoms with Crippen molar-refractivity contribution in [3.8, 4) is 5.75 Å². The number of carbonyl (C=O) groups is 1. The molecule has 0 unspecified atom stereocenters. The molecule has 27 heavy (non-hydrogen) atoms. The van der Waals surface area contributed by atoms with Crippen LogP contribution in [0.5, 0.6) is 5.75 Å². The Kier molecular flexibility index (Phi) is 7.29. The lowest BCUT2D eigenvalue weighted by Crippen LogP contribution is -2.24. The van der Waals surface area contributed by atoms with Crippen molar-refractivity contribution in [2.75, 3.05) is 26.0 Å². The molecule has 2 aromatic carbocycles. The van der Waals surface area contributed by atoms with Crippen molar-refractivity contribution in [3.63, 3.8) is 0 Å². The first-order valence-corrected chi connectivity index (χ1v) is 10.8. The van der Waals surface area contributed by atoms with E-state index in [0.717, 1.165) is 9.20 Å². The van der Waals surface area contributed by atoms with Gasteiger partial charge in [-0.2, -0.15) is 0 Å². The van der Waals surface area contributed by atoms with E-state index in [0.29, 0.717) is 12.3 Å². The molecule has 0 bridgehead atoms. The lowest BCUT2D eigenvalue weighted by Gasteiger charge is -2.17. The number of hydrogen-bond acceptors (Lipinski definition) is 5. The molecule has 0 heterocycles. The molecule has 0 aliphatic heterocycles. The highest BCUT2D eigenvalue weighted by Gasteiger charge is 2.24. The average molecular weight is 409 g/mol. The number of amides is 1. The molecule has 0 saturated heterocycles. The molecule has 1 N–H and O–H groups in total. The normalized spacial score (nSPS) is 12.6. The van der Waals surface area contributed by atoms with Crippen LogP contribution in [0.3, 0.4) is 0 Å². The van der Waals surface area contributed by atoms with Gasteiger partial charge in [-0.05, 0) is 44.2 Å². The lowest BCUT2D eigenvalue weighted by molar-refractivity contribution is -0.115. The van der Waals surface area contributed by atoms with Crippen LogP contribution in [0.1, 0.15) is 13.8 Å². The number of ether oxygens (including phenoxy) is 1. The van der Waals surface area contributed by atoms with Crippen LogP contribution in [0.4, 0.5) is 5.69 Å². The minimum atomic E-state index is -3.71. The lowest BCUT2D eigenvalue weighted by atomic mass is 10.3. The molecule has 1 amide bonds. The predicted molar refractivity (Wildman–Crippen MR) is 109 cm³/mol. The molecule has 8 heteroatoms. The summed E-state index contributed by atoms with van der Waals surface area (Å²) in [6, 6.07) is 14.2. The van der Waals surface area contributed by atoms with E-state index in [1.54, 1.807) is 26.0 Å². The maximum absolute atomic E-state index is 12.6. The van der Waals surface area contributed by atoms with Crippen LogP contribution in [-0.2, 0) is 14.8 Å². The SMILES string of the molecule is CCOc1ccc(NC(=O)[C@H](C)Sc2ccccc2)cc1S(=O)(=O)N(C)C. The Morgan fingerprint density at radius 2 is 1.85 bits per heavy atom. The third kappa shape index (κ3) is 5.47. The molecule has 0 saturated carbocycles. The van der Waals surface area contributed by atoms with Crippen molar-refractivity contribution >= 4 is 33.4 Å².